The van der Waals surface area contributed by atoms with Crippen molar-refractivity contribution in [1.29, 1.82) is 0 Å². The number of piperidine rings is 1. The van der Waals surface area contributed by atoms with Crippen LogP contribution >= 0.6 is 0 Å². The summed E-state index contributed by atoms with van der Waals surface area (Å²) in [5, 5.41) is 2.48. The van der Waals surface area contributed by atoms with Gasteiger partial charge in [0.15, 0.2) is 0 Å². The van der Waals surface area contributed by atoms with Gasteiger partial charge in [0.1, 0.15) is 5.78 Å². The molecule has 3 aliphatic rings. The largest absolute Gasteiger partial charge is 0.416 e. The zero-order valence-corrected chi connectivity index (χ0v) is 18.9. The highest BCUT2D eigenvalue weighted by Gasteiger charge is 2.59. The lowest BCUT2D eigenvalue weighted by Gasteiger charge is -2.26. The molecule has 34 heavy (non-hydrogen) atoms. The van der Waals surface area contributed by atoms with E-state index in [1.54, 1.807) is 0 Å². The Kier molecular flexibility index (Phi) is 6.23. The Morgan fingerprint density at radius 2 is 1.68 bits per heavy atom. The lowest BCUT2D eigenvalue weighted by Crippen LogP contribution is -2.34. The lowest BCUT2D eigenvalue weighted by molar-refractivity contribution is -0.137. The van der Waals surface area contributed by atoms with Crippen molar-refractivity contribution in [1.82, 2.24) is 4.90 Å². The van der Waals surface area contributed by atoms with Gasteiger partial charge >= 0.3 is 6.18 Å². The predicted octanol–water partition coefficient (Wildman–Crippen LogP) is 5.51. The molecule has 0 radical (unpaired) electrons. The smallest absolute Gasteiger partial charge is 0.326 e. The number of amides is 1. The molecule has 1 saturated heterocycles. The second kappa shape index (κ2) is 9.17. The van der Waals surface area contributed by atoms with Crippen molar-refractivity contribution in [2.24, 2.45) is 17.8 Å². The Hall–Kier alpha value is -2.67. The van der Waals surface area contributed by atoms with Crippen LogP contribution in [-0.4, -0.2) is 35.7 Å². The van der Waals surface area contributed by atoms with Gasteiger partial charge in [0.25, 0.3) is 0 Å². The van der Waals surface area contributed by atoms with E-state index in [1.807, 2.05) is 0 Å². The summed E-state index contributed by atoms with van der Waals surface area (Å²) >= 11 is 0. The maximum atomic E-state index is 12.8. The number of rotatable bonds is 7. The van der Waals surface area contributed by atoms with Crippen LogP contribution < -0.4 is 5.32 Å². The number of likely N-dealkylation sites (tertiary alicyclic amines) is 1. The molecule has 2 saturated carbocycles. The number of ketones is 1. The SMILES string of the molecule is O=C(CCC(=O)C1[C@H]2CN(C3CC[C@@H](c4ccccc4)C3)C[C@@H]12)Nc1cccc(C(F)(F)F)c1. The van der Waals surface area contributed by atoms with Gasteiger partial charge in [0.05, 0.1) is 5.56 Å². The molecular weight excluding hydrogens is 441 g/mol. The van der Waals surface area contributed by atoms with E-state index in [9.17, 15) is 22.8 Å². The van der Waals surface area contributed by atoms with Gasteiger partial charge in [-0.1, -0.05) is 36.4 Å². The summed E-state index contributed by atoms with van der Waals surface area (Å²) in [6, 6.07) is 15.8. The highest BCUT2D eigenvalue weighted by Crippen LogP contribution is 2.54. The molecule has 4 nitrogen and oxygen atoms in total. The second-order valence-corrected chi connectivity index (χ2v) is 9.97. The number of nitrogens with zero attached hydrogens (tertiary/aromatic N) is 1. The first kappa shape index (κ1) is 23.1. The Morgan fingerprint density at radius 1 is 0.941 bits per heavy atom. The number of hydrogen-bond donors (Lipinski definition) is 1. The minimum Gasteiger partial charge on any atom is -0.326 e. The number of halogens is 3. The standard InChI is InChI=1S/C27H29F3N2O2/c28-27(29,30)19-7-4-8-20(14-19)31-25(34)12-11-24(33)26-22-15-32(16-23(22)26)21-10-9-18(13-21)17-5-2-1-3-6-17/h1-8,14,18,21-23,26H,9-13,15-16H2,(H,31,34)/t18-,21?,22-,23+,26?/m1/s1. The van der Waals surface area contributed by atoms with Crippen molar-refractivity contribution in [3.05, 3.63) is 65.7 Å². The number of carbonyl (C=O) groups is 2. The molecule has 180 valence electrons. The van der Waals surface area contributed by atoms with E-state index in [-0.39, 0.29) is 30.2 Å². The third-order valence-electron chi connectivity index (χ3n) is 7.86. The average molecular weight is 471 g/mol. The molecule has 2 unspecified atom stereocenters. The molecule has 2 aliphatic carbocycles. The van der Waals surface area contributed by atoms with Gasteiger partial charge in [-0.3, -0.25) is 14.5 Å². The molecule has 1 aliphatic heterocycles. The van der Waals surface area contributed by atoms with E-state index in [2.05, 4.69) is 40.5 Å². The first-order valence-electron chi connectivity index (χ1n) is 12.1. The molecule has 1 N–H and O–H groups in total. The van der Waals surface area contributed by atoms with Crippen LogP contribution in [0.15, 0.2) is 54.6 Å². The Balaban J connectivity index is 1.05. The van der Waals surface area contributed by atoms with Gasteiger partial charge in [-0.15, -0.1) is 0 Å². The van der Waals surface area contributed by atoms with Crippen molar-refractivity contribution < 1.29 is 22.8 Å². The number of fused-ring (bicyclic) bond motifs is 1. The monoisotopic (exact) mass is 470 g/mol. The number of Topliss-reactive ketones (excluding diaryl/α,β-unsaturated/α-hetero) is 1. The topological polar surface area (TPSA) is 49.4 Å². The van der Waals surface area contributed by atoms with Gasteiger partial charge < -0.3 is 5.32 Å². The molecule has 0 spiro atoms. The third-order valence-corrected chi connectivity index (χ3v) is 7.86. The minimum atomic E-state index is -4.46. The fourth-order valence-corrected chi connectivity index (χ4v) is 6.05. The highest BCUT2D eigenvalue weighted by atomic mass is 19.4. The fraction of sp³-hybridized carbons (Fsp3) is 0.481. The third kappa shape index (κ3) is 4.90. The minimum absolute atomic E-state index is 0.00386. The van der Waals surface area contributed by atoms with Crippen LogP contribution in [0.5, 0.6) is 0 Å². The zero-order chi connectivity index (χ0) is 23.9. The molecule has 2 aromatic rings. The zero-order valence-electron chi connectivity index (χ0n) is 18.9. The molecule has 2 aromatic carbocycles. The quantitative estimate of drug-likeness (QED) is 0.581. The summed E-state index contributed by atoms with van der Waals surface area (Å²) in [6.07, 6.45) is -0.734. The normalized spacial score (nSPS) is 28.5. The molecule has 5 atom stereocenters. The van der Waals surface area contributed by atoms with E-state index < -0.39 is 17.6 Å². The van der Waals surface area contributed by atoms with Crippen LogP contribution in [-0.2, 0) is 15.8 Å². The molecule has 3 fully saturated rings. The molecule has 1 heterocycles. The summed E-state index contributed by atoms with van der Waals surface area (Å²) in [4.78, 5) is 27.4. The van der Waals surface area contributed by atoms with Crippen molar-refractivity contribution in [3.63, 3.8) is 0 Å². The maximum Gasteiger partial charge on any atom is 0.416 e. The molecule has 0 bridgehead atoms. The number of alkyl halides is 3. The Bertz CT molecular complexity index is 1040. The summed E-state index contributed by atoms with van der Waals surface area (Å²) in [5.74, 6) is 1.14. The summed E-state index contributed by atoms with van der Waals surface area (Å²) in [5.41, 5.74) is 0.705. The summed E-state index contributed by atoms with van der Waals surface area (Å²) in [6.45, 7) is 1.92. The number of nitrogens with one attached hydrogen (secondary N) is 1. The van der Waals surface area contributed by atoms with Crippen molar-refractivity contribution in [3.8, 4) is 0 Å². The number of anilines is 1. The molecule has 7 heteroatoms. The maximum absolute atomic E-state index is 12.8. The van der Waals surface area contributed by atoms with Gasteiger partial charge in [0, 0.05) is 43.6 Å². The molecule has 1 amide bonds. The number of benzene rings is 2. The molecule has 0 aromatic heterocycles. The van der Waals surface area contributed by atoms with E-state index in [4.69, 9.17) is 0 Å². The van der Waals surface area contributed by atoms with Crippen LogP contribution in [0.3, 0.4) is 0 Å². The van der Waals surface area contributed by atoms with Gasteiger partial charge in [-0.05, 0) is 60.8 Å². The van der Waals surface area contributed by atoms with E-state index in [0.29, 0.717) is 23.8 Å². The predicted molar refractivity (Wildman–Crippen MR) is 123 cm³/mol. The Labute approximate surface area is 197 Å². The number of carbonyl (C=O) groups excluding carboxylic acids is 2. The van der Waals surface area contributed by atoms with E-state index in [0.717, 1.165) is 25.2 Å². The van der Waals surface area contributed by atoms with Crippen LogP contribution in [0.1, 0.15) is 49.1 Å². The van der Waals surface area contributed by atoms with E-state index in [1.165, 1.54) is 37.0 Å². The lowest BCUT2D eigenvalue weighted by atomic mass is 9.97. The van der Waals surface area contributed by atoms with E-state index >= 15 is 0 Å². The van der Waals surface area contributed by atoms with Crippen LogP contribution in [0, 0.1) is 17.8 Å². The van der Waals surface area contributed by atoms with Gasteiger partial charge in [0.2, 0.25) is 5.91 Å². The molecule has 5 rings (SSSR count). The molecular formula is C27H29F3N2O2. The van der Waals surface area contributed by atoms with Crippen LogP contribution in [0.25, 0.3) is 0 Å². The van der Waals surface area contributed by atoms with Gasteiger partial charge in [-0.25, -0.2) is 0 Å². The van der Waals surface area contributed by atoms with Gasteiger partial charge in [-0.2, -0.15) is 13.2 Å². The fourth-order valence-electron chi connectivity index (χ4n) is 6.05. The van der Waals surface area contributed by atoms with Crippen molar-refractivity contribution >= 4 is 17.4 Å². The average Bonchev–Trinajstić information content (AvgIpc) is 3.17. The second-order valence-electron chi connectivity index (χ2n) is 9.97. The highest BCUT2D eigenvalue weighted by molar-refractivity contribution is 5.94. The van der Waals surface area contributed by atoms with Crippen molar-refractivity contribution in [2.45, 2.75) is 50.2 Å². The first-order chi connectivity index (χ1) is 16.3. The van der Waals surface area contributed by atoms with Crippen LogP contribution in [0.4, 0.5) is 18.9 Å². The summed E-state index contributed by atoms with van der Waals surface area (Å²) in [7, 11) is 0. The first-order valence-corrected chi connectivity index (χ1v) is 12.1. The number of hydrogen-bond acceptors (Lipinski definition) is 3. The Morgan fingerprint density at radius 3 is 2.38 bits per heavy atom. The van der Waals surface area contributed by atoms with Crippen molar-refractivity contribution in [2.75, 3.05) is 18.4 Å². The summed E-state index contributed by atoms with van der Waals surface area (Å²) < 4.78 is 38.5. The van der Waals surface area contributed by atoms with Crippen LogP contribution in [0.2, 0.25) is 0 Å².